The Morgan fingerprint density at radius 2 is 1.27 bits per heavy atom. The van der Waals surface area contributed by atoms with Gasteiger partial charge in [0, 0.05) is 19.1 Å². The highest BCUT2D eigenvalue weighted by Crippen LogP contribution is 2.11. The summed E-state index contributed by atoms with van der Waals surface area (Å²) in [6.45, 7) is 5.99. The highest BCUT2D eigenvalue weighted by molar-refractivity contribution is 5.30. The van der Waals surface area contributed by atoms with Gasteiger partial charge >= 0.3 is 0 Å². The van der Waals surface area contributed by atoms with Crippen LogP contribution in [0, 0.1) is 13.8 Å². The van der Waals surface area contributed by atoms with Crippen LogP contribution in [-0.2, 0) is 6.42 Å². The summed E-state index contributed by atoms with van der Waals surface area (Å²) in [6.07, 6.45) is 1.00. The Morgan fingerprint density at radius 3 is 1.80 bits per heavy atom. The summed E-state index contributed by atoms with van der Waals surface area (Å²) in [5.74, 6) is 0. The van der Waals surface area contributed by atoms with E-state index in [2.05, 4.69) is 62.4 Å². The van der Waals surface area contributed by atoms with E-state index in [4.69, 9.17) is 0 Å². The second kappa shape index (κ2) is 4.22. The highest BCUT2D eigenvalue weighted by Gasteiger charge is 1.98. The second-order valence-electron chi connectivity index (χ2n) is 3.98. The molecule has 0 aliphatic rings. The molecule has 0 heteroatoms. The molecule has 0 amide bonds. The zero-order chi connectivity index (χ0) is 10.7. The first-order chi connectivity index (χ1) is 7.24. The van der Waals surface area contributed by atoms with Gasteiger partial charge in [0.1, 0.15) is 5.56 Å². The molecule has 0 radical (unpaired) electrons. The van der Waals surface area contributed by atoms with E-state index in [1.165, 1.54) is 16.7 Å². The van der Waals surface area contributed by atoms with Gasteiger partial charge in [-0.05, 0) is 36.6 Å². The average molecular weight is 195 g/mol. The summed E-state index contributed by atoms with van der Waals surface area (Å²) >= 11 is 0. The lowest BCUT2D eigenvalue weighted by Gasteiger charge is -2.00. The van der Waals surface area contributed by atoms with Gasteiger partial charge in [-0.1, -0.05) is 29.8 Å². The molecule has 0 bridgehead atoms. The van der Waals surface area contributed by atoms with Crippen LogP contribution in [0.15, 0.2) is 48.5 Å². The van der Waals surface area contributed by atoms with Crippen LogP contribution in [0.4, 0.5) is 0 Å². The van der Waals surface area contributed by atoms with Gasteiger partial charge in [-0.15, -0.1) is 0 Å². The SMILES string of the molecule is [CH2+]c1ccc(Cc2ccc(C)cc2)cc1. The van der Waals surface area contributed by atoms with Crippen molar-refractivity contribution in [2.24, 2.45) is 0 Å². The zero-order valence-corrected chi connectivity index (χ0v) is 9.03. The van der Waals surface area contributed by atoms with Gasteiger partial charge in [0.15, 0.2) is 0 Å². The Balaban J connectivity index is 2.15. The van der Waals surface area contributed by atoms with Gasteiger partial charge < -0.3 is 0 Å². The normalized spacial score (nSPS) is 10.2. The fraction of sp³-hybridized carbons (Fsp3) is 0.133. The summed E-state index contributed by atoms with van der Waals surface area (Å²) in [6, 6.07) is 17.1. The van der Waals surface area contributed by atoms with Crippen LogP contribution in [0.5, 0.6) is 0 Å². The third-order valence-corrected chi connectivity index (χ3v) is 2.55. The standard InChI is InChI=1S/C15H15/c1-12-3-7-14(8-4-12)11-15-9-5-13(2)6-10-15/h3-10H,1,11H2,2H3/q+1. The molecule has 0 N–H and O–H groups in total. The molecule has 0 heterocycles. The van der Waals surface area contributed by atoms with Crippen LogP contribution >= 0.6 is 0 Å². The minimum Gasteiger partial charge on any atom is -0.0590 e. The molecule has 0 saturated heterocycles. The van der Waals surface area contributed by atoms with Gasteiger partial charge in [-0.2, -0.15) is 0 Å². The lowest BCUT2D eigenvalue weighted by atomic mass is 10.0. The van der Waals surface area contributed by atoms with Crippen LogP contribution in [-0.4, -0.2) is 0 Å². The van der Waals surface area contributed by atoms with Gasteiger partial charge in [0.25, 0.3) is 0 Å². The Hall–Kier alpha value is -1.69. The van der Waals surface area contributed by atoms with Crippen LogP contribution in [0.1, 0.15) is 22.3 Å². The molecule has 0 saturated carbocycles. The van der Waals surface area contributed by atoms with E-state index in [0.29, 0.717) is 0 Å². The lowest BCUT2D eigenvalue weighted by molar-refractivity contribution is 1.18. The first-order valence-corrected chi connectivity index (χ1v) is 5.20. The third-order valence-electron chi connectivity index (χ3n) is 2.55. The molecule has 2 rings (SSSR count). The van der Waals surface area contributed by atoms with Crippen LogP contribution in [0.3, 0.4) is 0 Å². The highest BCUT2D eigenvalue weighted by atomic mass is 14.0. The van der Waals surface area contributed by atoms with Crippen molar-refractivity contribution >= 4 is 0 Å². The molecule has 74 valence electrons. The third kappa shape index (κ3) is 2.63. The van der Waals surface area contributed by atoms with E-state index < -0.39 is 0 Å². The summed E-state index contributed by atoms with van der Waals surface area (Å²) < 4.78 is 0. The van der Waals surface area contributed by atoms with Crippen molar-refractivity contribution in [1.29, 1.82) is 0 Å². The second-order valence-corrected chi connectivity index (χ2v) is 3.98. The minimum absolute atomic E-state index is 1.00. The van der Waals surface area contributed by atoms with Crippen molar-refractivity contribution in [3.63, 3.8) is 0 Å². The maximum Gasteiger partial charge on any atom is 0.126 e. The van der Waals surface area contributed by atoms with Crippen molar-refractivity contribution in [2.75, 3.05) is 0 Å². The van der Waals surface area contributed by atoms with Gasteiger partial charge in [-0.3, -0.25) is 0 Å². The van der Waals surface area contributed by atoms with Gasteiger partial charge in [0.2, 0.25) is 0 Å². The van der Waals surface area contributed by atoms with Gasteiger partial charge in [0.05, 0.1) is 0 Å². The first-order valence-electron chi connectivity index (χ1n) is 5.20. The maximum absolute atomic E-state index is 3.88. The first kappa shape index (κ1) is 9.85. The minimum atomic E-state index is 1.00. The summed E-state index contributed by atoms with van der Waals surface area (Å²) in [4.78, 5) is 0. The number of hydrogen-bond donors (Lipinski definition) is 0. The van der Waals surface area contributed by atoms with E-state index in [1.807, 2.05) is 0 Å². The molecule has 2 aromatic rings. The molecule has 2 aromatic carbocycles. The Bertz CT molecular complexity index is 377. The molecule has 0 atom stereocenters. The maximum atomic E-state index is 3.88. The topological polar surface area (TPSA) is 0 Å². The van der Waals surface area contributed by atoms with E-state index in [9.17, 15) is 0 Å². The summed E-state index contributed by atoms with van der Waals surface area (Å²) in [7, 11) is 0. The van der Waals surface area contributed by atoms with Crippen molar-refractivity contribution < 1.29 is 0 Å². The molecule has 15 heavy (non-hydrogen) atoms. The molecule has 0 fully saturated rings. The zero-order valence-electron chi connectivity index (χ0n) is 9.03. The predicted octanol–water partition coefficient (Wildman–Crippen LogP) is 3.77. The summed E-state index contributed by atoms with van der Waals surface area (Å²) in [5, 5.41) is 0. The Labute approximate surface area is 91.6 Å². The smallest absolute Gasteiger partial charge is 0.0590 e. The largest absolute Gasteiger partial charge is 0.126 e. The van der Waals surface area contributed by atoms with E-state index in [-0.39, 0.29) is 0 Å². The fourth-order valence-electron chi connectivity index (χ4n) is 1.60. The molecule has 0 aliphatic carbocycles. The predicted molar refractivity (Wildman–Crippen MR) is 64.9 cm³/mol. The fourth-order valence-corrected chi connectivity index (χ4v) is 1.60. The quantitative estimate of drug-likeness (QED) is 0.640. The number of rotatable bonds is 2. The van der Waals surface area contributed by atoms with Crippen LogP contribution in [0.2, 0.25) is 0 Å². The van der Waals surface area contributed by atoms with Crippen LogP contribution in [0.25, 0.3) is 0 Å². The van der Waals surface area contributed by atoms with E-state index in [0.717, 1.165) is 12.0 Å². The van der Waals surface area contributed by atoms with Gasteiger partial charge in [-0.25, -0.2) is 0 Å². The van der Waals surface area contributed by atoms with Crippen molar-refractivity contribution in [2.45, 2.75) is 13.3 Å². The molecule has 0 aliphatic heterocycles. The van der Waals surface area contributed by atoms with E-state index >= 15 is 0 Å². The molecule has 0 nitrogen and oxygen atoms in total. The van der Waals surface area contributed by atoms with Crippen LogP contribution < -0.4 is 0 Å². The van der Waals surface area contributed by atoms with E-state index in [1.54, 1.807) is 0 Å². The lowest BCUT2D eigenvalue weighted by Crippen LogP contribution is -1.88. The van der Waals surface area contributed by atoms with Crippen molar-refractivity contribution in [3.8, 4) is 0 Å². The summed E-state index contributed by atoms with van der Waals surface area (Å²) in [5.41, 5.74) is 5.08. The molecule has 0 aromatic heterocycles. The number of hydrogen-bond acceptors (Lipinski definition) is 0. The van der Waals surface area contributed by atoms with Crippen molar-refractivity contribution in [3.05, 3.63) is 77.7 Å². The Morgan fingerprint density at radius 1 is 0.800 bits per heavy atom. The van der Waals surface area contributed by atoms with Crippen molar-refractivity contribution in [1.82, 2.24) is 0 Å². The molecule has 0 spiro atoms. The number of aryl methyl sites for hydroxylation is 1. The molecular weight excluding hydrogens is 180 g/mol. The Kier molecular flexibility index (Phi) is 2.77. The molecular formula is C15H15+. The molecule has 0 unspecified atom stereocenters. The number of benzene rings is 2. The average Bonchev–Trinajstić information content (AvgIpc) is 2.25. The monoisotopic (exact) mass is 195 g/mol.